The lowest BCUT2D eigenvalue weighted by atomic mass is 9.99. The maximum atomic E-state index is 13.2. The minimum absolute atomic E-state index is 0.0875. The summed E-state index contributed by atoms with van der Waals surface area (Å²) in [5.41, 5.74) is -0.304. The number of halogens is 1. The molecule has 0 amide bonds. The maximum absolute atomic E-state index is 13.2. The third-order valence-electron chi connectivity index (χ3n) is 2.91. The number of ether oxygens (including phenoxy) is 1. The molecule has 0 fully saturated rings. The number of nitro benzene ring substituents is 1. The van der Waals surface area contributed by atoms with E-state index in [9.17, 15) is 14.5 Å². The summed E-state index contributed by atoms with van der Waals surface area (Å²) in [5, 5.41) is 13.8. The number of hydrogen-bond acceptors (Lipinski definition) is 4. The van der Waals surface area contributed by atoms with Gasteiger partial charge in [0.15, 0.2) is 0 Å². The molecule has 1 atom stereocenters. The Bertz CT molecular complexity index is 463. The van der Waals surface area contributed by atoms with E-state index in [1.54, 1.807) is 7.11 Å². The molecule has 106 valence electrons. The number of methoxy groups -OCH3 is 1. The maximum Gasteiger partial charge on any atom is 0.292 e. The van der Waals surface area contributed by atoms with E-state index in [0.29, 0.717) is 6.42 Å². The summed E-state index contributed by atoms with van der Waals surface area (Å²) in [6, 6.07) is 3.28. The van der Waals surface area contributed by atoms with Crippen LogP contribution in [-0.4, -0.2) is 23.7 Å². The summed E-state index contributed by atoms with van der Waals surface area (Å²) >= 11 is 0. The predicted molar refractivity (Wildman–Crippen MR) is 71.8 cm³/mol. The van der Waals surface area contributed by atoms with Crippen LogP contribution in [0.5, 0.6) is 0 Å². The molecule has 5 nitrogen and oxygen atoms in total. The van der Waals surface area contributed by atoms with Gasteiger partial charge in [-0.25, -0.2) is 4.39 Å². The zero-order chi connectivity index (χ0) is 14.6. The standard InChI is InChI=1S/C13H19FN2O3/c1-9(8-13(2,3)19-4)15-11-7-10(14)5-6-12(11)16(17)18/h5-7,9,15H,8H2,1-4H3. The Morgan fingerprint density at radius 3 is 2.68 bits per heavy atom. The molecule has 0 saturated carbocycles. The highest BCUT2D eigenvalue weighted by Gasteiger charge is 2.22. The van der Waals surface area contributed by atoms with Crippen LogP contribution in [0, 0.1) is 15.9 Å². The Labute approximate surface area is 111 Å². The normalized spacial score (nSPS) is 13.1. The molecule has 1 aromatic rings. The summed E-state index contributed by atoms with van der Waals surface area (Å²) in [6.07, 6.45) is 0.636. The highest BCUT2D eigenvalue weighted by Crippen LogP contribution is 2.27. The average Bonchev–Trinajstić information content (AvgIpc) is 2.27. The fourth-order valence-corrected chi connectivity index (χ4v) is 1.92. The molecular formula is C13H19FN2O3. The number of nitro groups is 1. The Hall–Kier alpha value is -1.69. The minimum Gasteiger partial charge on any atom is -0.379 e. The first-order valence-electron chi connectivity index (χ1n) is 6.01. The van der Waals surface area contributed by atoms with Gasteiger partial charge in [-0.05, 0) is 33.3 Å². The first-order valence-corrected chi connectivity index (χ1v) is 6.01. The Balaban J connectivity index is 2.87. The van der Waals surface area contributed by atoms with Gasteiger partial charge in [-0.1, -0.05) is 0 Å². The van der Waals surface area contributed by atoms with Crippen molar-refractivity contribution in [1.29, 1.82) is 0 Å². The molecular weight excluding hydrogens is 251 g/mol. The van der Waals surface area contributed by atoms with Gasteiger partial charge in [-0.3, -0.25) is 10.1 Å². The van der Waals surface area contributed by atoms with E-state index in [1.165, 1.54) is 0 Å². The van der Waals surface area contributed by atoms with Gasteiger partial charge in [-0.2, -0.15) is 0 Å². The number of nitrogens with zero attached hydrogens (tertiary/aromatic N) is 1. The van der Waals surface area contributed by atoms with Crippen molar-refractivity contribution in [3.63, 3.8) is 0 Å². The van der Waals surface area contributed by atoms with Crippen LogP contribution in [0.15, 0.2) is 18.2 Å². The Morgan fingerprint density at radius 1 is 1.53 bits per heavy atom. The lowest BCUT2D eigenvalue weighted by molar-refractivity contribution is -0.384. The molecule has 0 spiro atoms. The van der Waals surface area contributed by atoms with Crippen molar-refractivity contribution < 1.29 is 14.1 Å². The number of anilines is 1. The molecule has 0 aliphatic rings. The van der Waals surface area contributed by atoms with Gasteiger partial charge in [-0.15, -0.1) is 0 Å². The largest absolute Gasteiger partial charge is 0.379 e. The van der Waals surface area contributed by atoms with Crippen LogP contribution in [0.2, 0.25) is 0 Å². The van der Waals surface area contributed by atoms with Crippen molar-refractivity contribution in [2.45, 2.75) is 38.8 Å². The van der Waals surface area contributed by atoms with Crippen molar-refractivity contribution in [2.75, 3.05) is 12.4 Å². The number of nitrogens with one attached hydrogen (secondary N) is 1. The molecule has 1 unspecified atom stereocenters. The van der Waals surface area contributed by atoms with Crippen molar-refractivity contribution in [2.24, 2.45) is 0 Å². The van der Waals surface area contributed by atoms with Crippen molar-refractivity contribution >= 4 is 11.4 Å². The van der Waals surface area contributed by atoms with Crippen LogP contribution in [0.1, 0.15) is 27.2 Å². The highest BCUT2D eigenvalue weighted by molar-refractivity contribution is 5.61. The molecule has 19 heavy (non-hydrogen) atoms. The number of hydrogen-bond donors (Lipinski definition) is 1. The molecule has 0 saturated heterocycles. The van der Waals surface area contributed by atoms with Crippen LogP contribution < -0.4 is 5.32 Å². The average molecular weight is 270 g/mol. The van der Waals surface area contributed by atoms with E-state index in [1.807, 2.05) is 20.8 Å². The van der Waals surface area contributed by atoms with Gasteiger partial charge in [0.05, 0.1) is 10.5 Å². The van der Waals surface area contributed by atoms with Crippen LogP contribution in [-0.2, 0) is 4.74 Å². The molecule has 6 heteroatoms. The summed E-state index contributed by atoms with van der Waals surface area (Å²) in [4.78, 5) is 10.3. The molecule has 0 heterocycles. The molecule has 0 aromatic heterocycles. The van der Waals surface area contributed by atoms with E-state index in [-0.39, 0.29) is 23.0 Å². The molecule has 1 rings (SSSR count). The van der Waals surface area contributed by atoms with Crippen molar-refractivity contribution in [1.82, 2.24) is 0 Å². The quantitative estimate of drug-likeness (QED) is 0.636. The Morgan fingerprint density at radius 2 is 2.16 bits per heavy atom. The molecule has 0 radical (unpaired) electrons. The lowest BCUT2D eigenvalue weighted by Crippen LogP contribution is -2.31. The predicted octanol–water partition coefficient (Wildman–Crippen LogP) is 3.35. The number of benzene rings is 1. The third kappa shape index (κ3) is 4.48. The number of rotatable bonds is 6. The molecule has 1 aromatic carbocycles. The third-order valence-corrected chi connectivity index (χ3v) is 2.91. The van der Waals surface area contributed by atoms with Crippen molar-refractivity contribution in [3.8, 4) is 0 Å². The molecule has 0 aliphatic carbocycles. The van der Waals surface area contributed by atoms with Gasteiger partial charge < -0.3 is 10.1 Å². The smallest absolute Gasteiger partial charge is 0.292 e. The van der Waals surface area contributed by atoms with Crippen LogP contribution in [0.3, 0.4) is 0 Å². The SMILES string of the molecule is COC(C)(C)CC(C)Nc1cc(F)ccc1[N+](=O)[O-]. The molecule has 1 N–H and O–H groups in total. The minimum atomic E-state index is -0.532. The second-order valence-electron chi connectivity index (χ2n) is 5.13. The van der Waals surface area contributed by atoms with Gasteiger partial charge in [0, 0.05) is 25.3 Å². The topological polar surface area (TPSA) is 64.4 Å². The summed E-state index contributed by atoms with van der Waals surface area (Å²) in [5.74, 6) is -0.508. The Kier molecular flexibility index (Phi) is 4.83. The van der Waals surface area contributed by atoms with E-state index < -0.39 is 10.7 Å². The first kappa shape index (κ1) is 15.4. The van der Waals surface area contributed by atoms with Crippen LogP contribution in [0.4, 0.5) is 15.8 Å². The van der Waals surface area contributed by atoms with Crippen molar-refractivity contribution in [3.05, 3.63) is 34.1 Å². The van der Waals surface area contributed by atoms with Crippen LogP contribution in [0.25, 0.3) is 0 Å². The van der Waals surface area contributed by atoms with E-state index >= 15 is 0 Å². The highest BCUT2D eigenvalue weighted by atomic mass is 19.1. The van der Waals surface area contributed by atoms with Gasteiger partial charge in [0.25, 0.3) is 5.69 Å². The van der Waals surface area contributed by atoms with Gasteiger partial charge >= 0.3 is 0 Å². The van der Waals surface area contributed by atoms with E-state index in [0.717, 1.165) is 18.2 Å². The van der Waals surface area contributed by atoms with E-state index in [4.69, 9.17) is 4.74 Å². The first-order chi connectivity index (χ1) is 8.75. The molecule has 0 bridgehead atoms. The second kappa shape index (κ2) is 5.97. The van der Waals surface area contributed by atoms with Crippen LogP contribution >= 0.6 is 0 Å². The van der Waals surface area contributed by atoms with Gasteiger partial charge in [0.2, 0.25) is 0 Å². The zero-order valence-electron chi connectivity index (χ0n) is 11.6. The van der Waals surface area contributed by atoms with Gasteiger partial charge in [0.1, 0.15) is 11.5 Å². The summed E-state index contributed by atoms with van der Waals surface area (Å²) < 4.78 is 18.5. The summed E-state index contributed by atoms with van der Waals surface area (Å²) in [7, 11) is 1.61. The molecule has 0 aliphatic heterocycles. The monoisotopic (exact) mass is 270 g/mol. The zero-order valence-corrected chi connectivity index (χ0v) is 11.6. The fraction of sp³-hybridized carbons (Fsp3) is 0.538. The fourth-order valence-electron chi connectivity index (χ4n) is 1.92. The van der Waals surface area contributed by atoms with E-state index in [2.05, 4.69) is 5.32 Å². The second-order valence-corrected chi connectivity index (χ2v) is 5.13. The summed E-state index contributed by atoms with van der Waals surface area (Å²) in [6.45, 7) is 5.71. The lowest BCUT2D eigenvalue weighted by Gasteiger charge is -2.27.